The molecule has 1 fully saturated rings. The molecule has 0 spiro atoms. The number of fused-ring (bicyclic) bond motifs is 1. The van der Waals surface area contributed by atoms with Gasteiger partial charge in [0, 0.05) is 37.2 Å². The van der Waals surface area contributed by atoms with E-state index in [9.17, 15) is 13.2 Å². The summed E-state index contributed by atoms with van der Waals surface area (Å²) in [6.45, 7) is 8.33. The topological polar surface area (TPSA) is 58.1 Å². The molecule has 10 heteroatoms. The van der Waals surface area contributed by atoms with Crippen LogP contribution in [0.25, 0.3) is 0 Å². The molecular weight excluding hydrogens is 536 g/mol. The van der Waals surface area contributed by atoms with Crippen molar-refractivity contribution in [3.63, 3.8) is 0 Å². The van der Waals surface area contributed by atoms with Gasteiger partial charge in [0.05, 0.1) is 19.7 Å². The molecule has 2 unspecified atom stereocenters. The van der Waals surface area contributed by atoms with Crippen LogP contribution >= 0.6 is 24.0 Å². The summed E-state index contributed by atoms with van der Waals surface area (Å²) in [7, 11) is 0. The Balaban J connectivity index is 0.00000363. The molecule has 2 aliphatic heterocycles. The summed E-state index contributed by atoms with van der Waals surface area (Å²) in [5.74, 6) is 2.51. The molecule has 182 valence electrons. The molecule has 0 amide bonds. The fourth-order valence-corrected chi connectivity index (χ4v) is 4.12. The second-order valence-corrected chi connectivity index (χ2v) is 8.21. The van der Waals surface area contributed by atoms with Crippen molar-refractivity contribution in [2.45, 2.75) is 52.4 Å². The summed E-state index contributed by atoms with van der Waals surface area (Å²) in [6.07, 6.45) is -2.37. The lowest BCUT2D eigenvalue weighted by Gasteiger charge is -2.19. The van der Waals surface area contributed by atoms with Crippen molar-refractivity contribution in [1.29, 1.82) is 0 Å². The predicted molar refractivity (Wildman–Crippen MR) is 130 cm³/mol. The van der Waals surface area contributed by atoms with Crippen molar-refractivity contribution in [2.24, 2.45) is 10.9 Å². The van der Waals surface area contributed by atoms with Gasteiger partial charge in [-0.2, -0.15) is 13.2 Å². The van der Waals surface area contributed by atoms with Crippen molar-refractivity contribution >= 4 is 29.9 Å². The first-order chi connectivity index (χ1) is 14.8. The van der Waals surface area contributed by atoms with Crippen LogP contribution in [0.2, 0.25) is 0 Å². The molecule has 1 saturated heterocycles. The first-order valence-electron chi connectivity index (χ1n) is 11.0. The number of hydrogen-bond acceptors (Lipinski definition) is 4. The number of likely N-dealkylation sites (tertiary alicyclic amines) is 1. The summed E-state index contributed by atoms with van der Waals surface area (Å²) in [6, 6.07) is 4.05. The Bertz CT molecular complexity index is 776. The first-order valence-corrected chi connectivity index (χ1v) is 11.0. The summed E-state index contributed by atoms with van der Waals surface area (Å²) < 4.78 is 49.5. The number of alkyl halides is 3. The highest BCUT2D eigenvalue weighted by atomic mass is 127. The van der Waals surface area contributed by atoms with Gasteiger partial charge in [-0.25, -0.2) is 4.99 Å². The van der Waals surface area contributed by atoms with E-state index in [1.165, 1.54) is 4.90 Å². The first kappa shape index (κ1) is 26.8. The highest BCUT2D eigenvalue weighted by Crippen LogP contribution is 2.35. The number of hydrogen-bond donors (Lipinski definition) is 2. The van der Waals surface area contributed by atoms with Gasteiger partial charge < -0.3 is 20.1 Å². The Labute approximate surface area is 205 Å². The molecule has 2 atom stereocenters. The molecule has 32 heavy (non-hydrogen) atoms. The van der Waals surface area contributed by atoms with Crippen molar-refractivity contribution in [1.82, 2.24) is 15.5 Å². The Morgan fingerprint density at radius 2 is 2.06 bits per heavy atom. The van der Waals surface area contributed by atoms with Crippen LogP contribution in [-0.2, 0) is 13.0 Å². The van der Waals surface area contributed by atoms with Crippen molar-refractivity contribution in [2.75, 3.05) is 39.3 Å². The summed E-state index contributed by atoms with van der Waals surface area (Å²) >= 11 is 0. The Kier molecular flexibility index (Phi) is 10.2. The molecule has 2 aliphatic rings. The highest BCUT2D eigenvalue weighted by molar-refractivity contribution is 14.0. The number of ether oxygens (including phenoxy) is 2. The summed E-state index contributed by atoms with van der Waals surface area (Å²) in [5.41, 5.74) is 2.10. The minimum atomic E-state index is -4.14. The van der Waals surface area contributed by atoms with Crippen molar-refractivity contribution in [3.8, 4) is 11.5 Å². The lowest BCUT2D eigenvalue weighted by atomic mass is 10.1. The summed E-state index contributed by atoms with van der Waals surface area (Å²) in [4.78, 5) is 6.14. The molecule has 3 rings (SSSR count). The van der Waals surface area contributed by atoms with Gasteiger partial charge in [-0.05, 0) is 51.8 Å². The molecular formula is C22H34F3IN4O2. The number of benzene rings is 1. The van der Waals surface area contributed by atoms with E-state index in [0.717, 1.165) is 35.5 Å². The Morgan fingerprint density at radius 3 is 2.75 bits per heavy atom. The maximum Gasteiger partial charge on any atom is 0.401 e. The Morgan fingerprint density at radius 1 is 1.28 bits per heavy atom. The summed E-state index contributed by atoms with van der Waals surface area (Å²) in [5, 5.41) is 6.50. The van der Waals surface area contributed by atoms with Crippen LogP contribution in [0.3, 0.4) is 0 Å². The van der Waals surface area contributed by atoms with Crippen LogP contribution in [0.15, 0.2) is 17.1 Å². The van der Waals surface area contributed by atoms with Crippen LogP contribution in [0.5, 0.6) is 11.5 Å². The van der Waals surface area contributed by atoms with E-state index in [4.69, 9.17) is 9.47 Å². The SMILES string of the molecule is CCNC(=NCc1cc2c(cc1OCC)CC(C)O2)NCC1CCN(CC(F)(F)F)C1.I. The number of rotatable bonds is 8. The van der Waals surface area contributed by atoms with Crippen LogP contribution in [0.1, 0.15) is 38.3 Å². The fraction of sp³-hybridized carbons (Fsp3) is 0.682. The molecule has 0 radical (unpaired) electrons. The molecule has 1 aromatic rings. The van der Waals surface area contributed by atoms with Gasteiger partial charge in [0.15, 0.2) is 5.96 Å². The lowest BCUT2D eigenvalue weighted by molar-refractivity contribution is -0.143. The Hall–Kier alpha value is -1.43. The molecule has 2 N–H and O–H groups in total. The second-order valence-electron chi connectivity index (χ2n) is 8.21. The predicted octanol–water partition coefficient (Wildman–Crippen LogP) is 3.97. The van der Waals surface area contributed by atoms with E-state index in [-0.39, 0.29) is 36.0 Å². The minimum Gasteiger partial charge on any atom is -0.494 e. The zero-order valence-electron chi connectivity index (χ0n) is 18.9. The lowest BCUT2D eigenvalue weighted by Crippen LogP contribution is -2.40. The number of nitrogens with zero attached hydrogens (tertiary/aromatic N) is 2. The van der Waals surface area contributed by atoms with Gasteiger partial charge in [-0.15, -0.1) is 24.0 Å². The zero-order valence-corrected chi connectivity index (χ0v) is 21.3. The van der Waals surface area contributed by atoms with E-state index in [1.54, 1.807) is 0 Å². The fourth-order valence-electron chi connectivity index (χ4n) is 4.12. The third-order valence-corrected chi connectivity index (χ3v) is 5.46. The number of guanidine groups is 1. The third kappa shape index (κ3) is 7.86. The normalized spacial score (nSPS) is 21.0. The standard InChI is InChI=1S/C22H33F3N4O2.HI/c1-4-26-21(27-11-16-6-7-29(13-16)14-22(23,24)25)28-12-18-10-20-17(8-15(3)31-20)9-19(18)30-5-2;/h9-10,15-16H,4-8,11-14H2,1-3H3,(H2,26,27,28);1H. The maximum atomic E-state index is 12.6. The molecule has 6 nitrogen and oxygen atoms in total. The molecule has 2 heterocycles. The van der Waals surface area contributed by atoms with Gasteiger partial charge in [0.25, 0.3) is 0 Å². The van der Waals surface area contributed by atoms with E-state index >= 15 is 0 Å². The number of aliphatic imine (C=N–C) groups is 1. The monoisotopic (exact) mass is 570 g/mol. The van der Waals surface area contributed by atoms with Crippen molar-refractivity contribution < 1.29 is 22.6 Å². The van der Waals surface area contributed by atoms with Gasteiger partial charge in [0.2, 0.25) is 0 Å². The molecule has 0 aromatic heterocycles. The van der Waals surface area contributed by atoms with E-state index < -0.39 is 12.7 Å². The maximum absolute atomic E-state index is 12.6. The molecule has 0 saturated carbocycles. The van der Waals surface area contributed by atoms with Crippen molar-refractivity contribution in [3.05, 3.63) is 23.3 Å². The largest absolute Gasteiger partial charge is 0.494 e. The van der Waals surface area contributed by atoms with E-state index in [1.807, 2.05) is 32.9 Å². The van der Waals surface area contributed by atoms with Gasteiger partial charge in [-0.3, -0.25) is 4.90 Å². The van der Waals surface area contributed by atoms with Crippen LogP contribution in [0, 0.1) is 5.92 Å². The highest BCUT2D eigenvalue weighted by Gasteiger charge is 2.34. The minimum absolute atomic E-state index is 0. The van der Waals surface area contributed by atoms with E-state index in [2.05, 4.69) is 15.6 Å². The van der Waals surface area contributed by atoms with Crippen LogP contribution < -0.4 is 20.1 Å². The zero-order chi connectivity index (χ0) is 22.4. The van der Waals surface area contributed by atoms with E-state index in [0.29, 0.717) is 45.3 Å². The average molecular weight is 570 g/mol. The number of nitrogens with one attached hydrogen (secondary N) is 2. The molecule has 0 aliphatic carbocycles. The number of halogens is 4. The average Bonchev–Trinajstić information content (AvgIpc) is 3.27. The van der Waals surface area contributed by atoms with Gasteiger partial charge in [-0.1, -0.05) is 0 Å². The quantitative estimate of drug-likeness (QED) is 0.282. The second kappa shape index (κ2) is 12.2. The van der Waals surface area contributed by atoms with Crippen LogP contribution in [0.4, 0.5) is 13.2 Å². The molecule has 0 bridgehead atoms. The van der Waals surface area contributed by atoms with Gasteiger partial charge in [0.1, 0.15) is 17.6 Å². The smallest absolute Gasteiger partial charge is 0.401 e. The van der Waals surface area contributed by atoms with Gasteiger partial charge >= 0.3 is 6.18 Å². The third-order valence-electron chi connectivity index (χ3n) is 5.46. The van der Waals surface area contributed by atoms with Crippen LogP contribution in [-0.4, -0.2) is 62.5 Å². The molecule has 1 aromatic carbocycles.